The van der Waals surface area contributed by atoms with Gasteiger partial charge in [0.2, 0.25) is 0 Å². The van der Waals surface area contributed by atoms with Crippen LogP contribution in [0.25, 0.3) is 0 Å². The van der Waals surface area contributed by atoms with Crippen molar-refractivity contribution in [3.05, 3.63) is 120 Å². The van der Waals surface area contributed by atoms with Crippen molar-refractivity contribution < 1.29 is 19.0 Å². The first-order chi connectivity index (χ1) is 16.7. The van der Waals surface area contributed by atoms with E-state index in [-0.39, 0.29) is 5.91 Å². The van der Waals surface area contributed by atoms with Crippen molar-refractivity contribution in [1.29, 1.82) is 0 Å². The second kappa shape index (κ2) is 11.6. The minimum absolute atomic E-state index is 0.219. The van der Waals surface area contributed by atoms with Crippen molar-refractivity contribution in [3.63, 3.8) is 0 Å². The topological polar surface area (TPSA) is 56.8 Å². The summed E-state index contributed by atoms with van der Waals surface area (Å²) in [6, 6.07) is 32.2. The summed E-state index contributed by atoms with van der Waals surface area (Å²) in [7, 11) is 0. The maximum absolute atomic E-state index is 12.8. The SMILES string of the molecule is CCOc1ccccc1COc1ccc(C(=O)Nc2ccccc2OCc2ccccc2)cc1. The molecule has 34 heavy (non-hydrogen) atoms. The molecule has 1 N–H and O–H groups in total. The lowest BCUT2D eigenvalue weighted by Crippen LogP contribution is -2.13. The summed E-state index contributed by atoms with van der Waals surface area (Å²) in [6.07, 6.45) is 0. The molecule has 0 aliphatic carbocycles. The van der Waals surface area contributed by atoms with Gasteiger partial charge < -0.3 is 19.5 Å². The Morgan fingerprint density at radius 2 is 1.35 bits per heavy atom. The van der Waals surface area contributed by atoms with E-state index in [0.717, 1.165) is 16.9 Å². The Labute approximate surface area is 199 Å². The molecule has 0 fully saturated rings. The van der Waals surface area contributed by atoms with Crippen LogP contribution in [0.5, 0.6) is 17.2 Å². The highest BCUT2D eigenvalue weighted by molar-refractivity contribution is 6.05. The molecule has 4 aromatic rings. The second-order valence-corrected chi connectivity index (χ2v) is 7.58. The predicted molar refractivity (Wildman–Crippen MR) is 134 cm³/mol. The first-order valence-electron chi connectivity index (χ1n) is 11.2. The molecule has 0 spiro atoms. The van der Waals surface area contributed by atoms with Gasteiger partial charge in [0, 0.05) is 11.1 Å². The van der Waals surface area contributed by atoms with Gasteiger partial charge in [-0.1, -0.05) is 60.7 Å². The second-order valence-electron chi connectivity index (χ2n) is 7.58. The third-order valence-electron chi connectivity index (χ3n) is 5.16. The smallest absolute Gasteiger partial charge is 0.255 e. The third-order valence-corrected chi connectivity index (χ3v) is 5.16. The fourth-order valence-electron chi connectivity index (χ4n) is 3.41. The van der Waals surface area contributed by atoms with Crippen molar-refractivity contribution in [3.8, 4) is 17.2 Å². The van der Waals surface area contributed by atoms with Crippen LogP contribution in [0.2, 0.25) is 0 Å². The summed E-state index contributed by atoms with van der Waals surface area (Å²) in [5, 5.41) is 2.94. The number of para-hydroxylation sites is 3. The molecule has 0 radical (unpaired) electrons. The summed E-state index contributed by atoms with van der Waals surface area (Å²) in [6.45, 7) is 3.36. The van der Waals surface area contributed by atoms with E-state index in [1.54, 1.807) is 24.3 Å². The van der Waals surface area contributed by atoms with Crippen LogP contribution in [0.1, 0.15) is 28.4 Å². The van der Waals surface area contributed by atoms with E-state index in [4.69, 9.17) is 14.2 Å². The van der Waals surface area contributed by atoms with Gasteiger partial charge in [0.25, 0.3) is 5.91 Å². The zero-order valence-electron chi connectivity index (χ0n) is 19.1. The molecular weight excluding hydrogens is 426 g/mol. The molecule has 4 rings (SSSR count). The summed E-state index contributed by atoms with van der Waals surface area (Å²) in [4.78, 5) is 12.8. The first kappa shape index (κ1) is 22.9. The van der Waals surface area contributed by atoms with Gasteiger partial charge in [0.1, 0.15) is 30.5 Å². The van der Waals surface area contributed by atoms with Crippen LogP contribution in [0, 0.1) is 0 Å². The Kier molecular flexibility index (Phi) is 7.80. The largest absolute Gasteiger partial charge is 0.493 e. The number of ether oxygens (including phenoxy) is 3. The van der Waals surface area contributed by atoms with E-state index in [1.165, 1.54) is 0 Å². The number of anilines is 1. The molecule has 0 aliphatic heterocycles. The molecule has 0 atom stereocenters. The minimum atomic E-state index is -0.219. The molecule has 0 bridgehead atoms. The Balaban J connectivity index is 1.36. The molecular formula is C29H27NO4. The number of hydrogen-bond donors (Lipinski definition) is 1. The quantitative estimate of drug-likeness (QED) is 0.298. The van der Waals surface area contributed by atoms with Gasteiger partial charge in [-0.05, 0) is 55.0 Å². The summed E-state index contributed by atoms with van der Waals surface area (Å²) in [5.74, 6) is 1.89. The molecule has 1 amide bonds. The number of amides is 1. The number of rotatable bonds is 10. The lowest BCUT2D eigenvalue weighted by atomic mass is 10.2. The van der Waals surface area contributed by atoms with Crippen LogP contribution in [0.4, 0.5) is 5.69 Å². The van der Waals surface area contributed by atoms with Crippen LogP contribution in [-0.2, 0) is 13.2 Å². The highest BCUT2D eigenvalue weighted by atomic mass is 16.5. The normalized spacial score (nSPS) is 10.4. The standard InChI is InChI=1S/C29H27NO4/c1-2-32-27-14-8-6-12-24(27)21-33-25-18-16-23(17-19-25)29(31)30-26-13-7-9-15-28(26)34-20-22-10-4-3-5-11-22/h3-19H,2,20-21H2,1H3,(H,30,31). The zero-order valence-corrected chi connectivity index (χ0v) is 19.1. The van der Waals surface area contributed by atoms with Gasteiger partial charge in [0.05, 0.1) is 12.3 Å². The molecule has 0 heterocycles. The maximum Gasteiger partial charge on any atom is 0.255 e. The minimum Gasteiger partial charge on any atom is -0.493 e. The predicted octanol–water partition coefficient (Wildman–Crippen LogP) is 6.50. The highest BCUT2D eigenvalue weighted by Gasteiger charge is 2.11. The third kappa shape index (κ3) is 6.17. The molecule has 0 aliphatic rings. The summed E-state index contributed by atoms with van der Waals surface area (Å²) < 4.78 is 17.5. The van der Waals surface area contributed by atoms with Crippen LogP contribution < -0.4 is 19.5 Å². The molecule has 0 saturated heterocycles. The maximum atomic E-state index is 12.8. The Morgan fingerprint density at radius 3 is 2.12 bits per heavy atom. The molecule has 0 aromatic heterocycles. The van der Waals surface area contributed by atoms with Gasteiger partial charge >= 0.3 is 0 Å². The molecule has 0 unspecified atom stereocenters. The van der Waals surface area contributed by atoms with Crippen molar-refractivity contribution in [1.82, 2.24) is 0 Å². The average molecular weight is 454 g/mol. The molecule has 4 aromatic carbocycles. The van der Waals surface area contributed by atoms with Crippen LogP contribution in [0.15, 0.2) is 103 Å². The lowest BCUT2D eigenvalue weighted by Gasteiger charge is -2.13. The van der Waals surface area contributed by atoms with Crippen molar-refractivity contribution in [2.45, 2.75) is 20.1 Å². The van der Waals surface area contributed by atoms with E-state index in [2.05, 4.69) is 5.32 Å². The van der Waals surface area contributed by atoms with E-state index < -0.39 is 0 Å². The van der Waals surface area contributed by atoms with Gasteiger partial charge in [-0.15, -0.1) is 0 Å². The number of carbonyl (C=O) groups is 1. The zero-order chi connectivity index (χ0) is 23.6. The summed E-state index contributed by atoms with van der Waals surface area (Å²) in [5.41, 5.74) is 3.18. The van der Waals surface area contributed by atoms with Crippen molar-refractivity contribution in [2.75, 3.05) is 11.9 Å². The fourth-order valence-corrected chi connectivity index (χ4v) is 3.41. The molecule has 5 heteroatoms. The van der Waals surface area contributed by atoms with E-state index in [9.17, 15) is 4.79 Å². The number of benzene rings is 4. The number of hydrogen-bond acceptors (Lipinski definition) is 4. The average Bonchev–Trinajstić information content (AvgIpc) is 2.89. The molecule has 172 valence electrons. The van der Waals surface area contributed by atoms with Crippen LogP contribution >= 0.6 is 0 Å². The van der Waals surface area contributed by atoms with Gasteiger partial charge in [-0.2, -0.15) is 0 Å². The fraction of sp³-hybridized carbons (Fsp3) is 0.138. The lowest BCUT2D eigenvalue weighted by molar-refractivity contribution is 0.102. The number of nitrogens with one attached hydrogen (secondary N) is 1. The van der Waals surface area contributed by atoms with E-state index in [0.29, 0.717) is 42.6 Å². The van der Waals surface area contributed by atoms with Gasteiger partial charge in [-0.25, -0.2) is 0 Å². The van der Waals surface area contributed by atoms with Crippen molar-refractivity contribution in [2.24, 2.45) is 0 Å². The van der Waals surface area contributed by atoms with Gasteiger partial charge in [0.15, 0.2) is 0 Å². The Bertz CT molecular complexity index is 1210. The van der Waals surface area contributed by atoms with E-state index in [1.807, 2.05) is 85.8 Å². The van der Waals surface area contributed by atoms with E-state index >= 15 is 0 Å². The monoisotopic (exact) mass is 453 g/mol. The molecule has 0 saturated carbocycles. The molecule has 5 nitrogen and oxygen atoms in total. The van der Waals surface area contributed by atoms with Crippen LogP contribution in [-0.4, -0.2) is 12.5 Å². The van der Waals surface area contributed by atoms with Gasteiger partial charge in [-0.3, -0.25) is 4.79 Å². The highest BCUT2D eigenvalue weighted by Crippen LogP contribution is 2.26. The Hall–Kier alpha value is -4.25. The Morgan fingerprint density at radius 1 is 0.676 bits per heavy atom. The van der Waals surface area contributed by atoms with Crippen LogP contribution in [0.3, 0.4) is 0 Å². The van der Waals surface area contributed by atoms with Crippen molar-refractivity contribution >= 4 is 11.6 Å². The first-order valence-corrected chi connectivity index (χ1v) is 11.2. The number of carbonyl (C=O) groups excluding carboxylic acids is 1. The summed E-state index contributed by atoms with van der Waals surface area (Å²) >= 11 is 0.